The van der Waals surface area contributed by atoms with E-state index in [4.69, 9.17) is 16.3 Å². The van der Waals surface area contributed by atoms with Crippen LogP contribution in [0.5, 0.6) is 0 Å². The zero-order valence-electron chi connectivity index (χ0n) is 14.4. The second-order valence-corrected chi connectivity index (χ2v) is 5.80. The molecule has 0 atom stereocenters. The second kappa shape index (κ2) is 12.2. The molecular weight excluding hydrogens is 312 g/mol. The monoisotopic (exact) mass is 340 g/mol. The van der Waals surface area contributed by atoms with Gasteiger partial charge in [-0.1, -0.05) is 23.7 Å². The van der Waals surface area contributed by atoms with Gasteiger partial charge in [0.25, 0.3) is 0 Å². The molecular formula is C17H29ClN4O. The van der Waals surface area contributed by atoms with Crippen molar-refractivity contribution < 1.29 is 4.74 Å². The minimum absolute atomic E-state index is 0.748. The van der Waals surface area contributed by atoms with Crippen molar-refractivity contribution in [3.05, 3.63) is 34.9 Å². The highest BCUT2D eigenvalue weighted by Crippen LogP contribution is 2.10. The maximum Gasteiger partial charge on any atom is 0.191 e. The van der Waals surface area contributed by atoms with Crippen LogP contribution >= 0.6 is 11.6 Å². The van der Waals surface area contributed by atoms with Crippen LogP contribution < -0.4 is 10.6 Å². The van der Waals surface area contributed by atoms with E-state index in [2.05, 4.69) is 40.6 Å². The highest BCUT2D eigenvalue weighted by Gasteiger charge is 2.00. The Morgan fingerprint density at radius 2 is 2.13 bits per heavy atom. The molecule has 1 aromatic carbocycles. The van der Waals surface area contributed by atoms with Crippen molar-refractivity contribution in [2.75, 3.05) is 53.5 Å². The number of methoxy groups -OCH3 is 1. The van der Waals surface area contributed by atoms with Crippen LogP contribution in [0.1, 0.15) is 12.5 Å². The quantitative estimate of drug-likeness (QED) is 0.505. The molecule has 0 spiro atoms. The zero-order valence-corrected chi connectivity index (χ0v) is 15.2. The van der Waals surface area contributed by atoms with Crippen molar-refractivity contribution >= 4 is 17.6 Å². The second-order valence-electron chi connectivity index (χ2n) is 5.36. The van der Waals surface area contributed by atoms with Crippen LogP contribution in [-0.4, -0.2) is 64.3 Å². The maximum atomic E-state index is 6.00. The molecule has 1 rings (SSSR count). The Balaban J connectivity index is 2.34. The van der Waals surface area contributed by atoms with Crippen LogP contribution in [0.2, 0.25) is 5.02 Å². The number of hydrogen-bond acceptors (Lipinski definition) is 3. The molecule has 2 N–H and O–H groups in total. The molecule has 0 heterocycles. The lowest BCUT2D eigenvalue weighted by atomic mass is 10.1. The van der Waals surface area contributed by atoms with Crippen LogP contribution in [-0.2, 0) is 11.2 Å². The number of nitrogens with one attached hydrogen (secondary N) is 2. The molecule has 6 heteroatoms. The summed E-state index contributed by atoms with van der Waals surface area (Å²) in [6, 6.07) is 7.96. The minimum Gasteiger partial charge on any atom is -0.383 e. The number of benzene rings is 1. The van der Waals surface area contributed by atoms with E-state index in [-0.39, 0.29) is 0 Å². The van der Waals surface area contributed by atoms with Crippen molar-refractivity contribution in [2.24, 2.45) is 4.99 Å². The van der Waals surface area contributed by atoms with Gasteiger partial charge in [-0.3, -0.25) is 4.99 Å². The van der Waals surface area contributed by atoms with Crippen LogP contribution in [0.3, 0.4) is 0 Å². The normalized spacial score (nSPS) is 11.8. The Labute approximate surface area is 145 Å². The largest absolute Gasteiger partial charge is 0.383 e. The Morgan fingerprint density at radius 3 is 2.83 bits per heavy atom. The van der Waals surface area contributed by atoms with Gasteiger partial charge >= 0.3 is 0 Å². The lowest BCUT2D eigenvalue weighted by Gasteiger charge is -2.15. The molecule has 0 saturated heterocycles. The van der Waals surface area contributed by atoms with E-state index in [0.717, 1.165) is 56.7 Å². The van der Waals surface area contributed by atoms with Gasteiger partial charge in [-0.15, -0.1) is 0 Å². The highest BCUT2D eigenvalue weighted by molar-refractivity contribution is 6.30. The fourth-order valence-corrected chi connectivity index (χ4v) is 2.26. The minimum atomic E-state index is 0.748. The molecule has 0 aliphatic carbocycles. The average Bonchev–Trinajstić information content (AvgIpc) is 2.53. The zero-order chi connectivity index (χ0) is 16.9. The van der Waals surface area contributed by atoms with E-state index in [9.17, 15) is 0 Å². The first kappa shape index (κ1) is 19.7. The molecule has 0 bridgehead atoms. The van der Waals surface area contributed by atoms with E-state index in [1.165, 1.54) is 5.56 Å². The van der Waals surface area contributed by atoms with Crippen molar-refractivity contribution in [1.82, 2.24) is 15.5 Å². The van der Waals surface area contributed by atoms with Crippen molar-refractivity contribution in [3.63, 3.8) is 0 Å². The number of hydrogen-bond donors (Lipinski definition) is 2. The van der Waals surface area contributed by atoms with E-state index in [0.29, 0.717) is 0 Å². The third kappa shape index (κ3) is 9.43. The predicted octanol–water partition coefficient (Wildman–Crippen LogP) is 2.02. The molecule has 0 amide bonds. The smallest absolute Gasteiger partial charge is 0.191 e. The molecule has 5 nitrogen and oxygen atoms in total. The summed E-state index contributed by atoms with van der Waals surface area (Å²) in [4.78, 5) is 6.81. The van der Waals surface area contributed by atoms with E-state index in [1.54, 1.807) is 7.11 Å². The highest BCUT2D eigenvalue weighted by atomic mass is 35.5. The Hall–Kier alpha value is -1.30. The first-order valence-corrected chi connectivity index (χ1v) is 8.47. The van der Waals surface area contributed by atoms with Gasteiger partial charge in [0.1, 0.15) is 0 Å². The molecule has 1 aromatic rings. The number of ether oxygens (including phenoxy) is 1. The molecule has 0 fully saturated rings. The number of guanidine groups is 1. The van der Waals surface area contributed by atoms with Gasteiger partial charge in [0.05, 0.1) is 13.2 Å². The van der Waals surface area contributed by atoms with Crippen LogP contribution in [0, 0.1) is 0 Å². The van der Waals surface area contributed by atoms with Gasteiger partial charge in [-0.05, 0) is 38.1 Å². The molecule has 0 aliphatic heterocycles. The average molecular weight is 341 g/mol. The number of halogens is 1. The standard InChI is InChI=1S/C17H29ClN4O/c1-4-19-17(21-10-11-22(2)12-13-23-3)20-9-8-15-6-5-7-16(18)14-15/h5-7,14H,4,8-13H2,1-3H3,(H2,19,20,21). The fourth-order valence-electron chi connectivity index (χ4n) is 2.05. The summed E-state index contributed by atoms with van der Waals surface area (Å²) >= 11 is 6.00. The first-order valence-electron chi connectivity index (χ1n) is 8.09. The topological polar surface area (TPSA) is 48.9 Å². The van der Waals surface area contributed by atoms with E-state index < -0.39 is 0 Å². The van der Waals surface area contributed by atoms with Gasteiger partial charge in [0, 0.05) is 38.3 Å². The van der Waals surface area contributed by atoms with Gasteiger partial charge < -0.3 is 20.3 Å². The lowest BCUT2D eigenvalue weighted by molar-refractivity contribution is 0.163. The number of rotatable bonds is 10. The molecule has 23 heavy (non-hydrogen) atoms. The van der Waals surface area contributed by atoms with Crippen molar-refractivity contribution in [2.45, 2.75) is 13.3 Å². The van der Waals surface area contributed by atoms with Crippen molar-refractivity contribution in [3.8, 4) is 0 Å². The third-order valence-electron chi connectivity index (χ3n) is 3.37. The van der Waals surface area contributed by atoms with Crippen LogP contribution in [0.15, 0.2) is 29.3 Å². The molecule has 0 unspecified atom stereocenters. The van der Waals surface area contributed by atoms with E-state index in [1.807, 2.05) is 18.2 Å². The summed E-state index contributed by atoms with van der Waals surface area (Å²) in [6.45, 7) is 7.08. The van der Waals surface area contributed by atoms with E-state index >= 15 is 0 Å². The summed E-state index contributed by atoms with van der Waals surface area (Å²) in [5.41, 5.74) is 1.22. The number of aliphatic imine (C=N–C) groups is 1. The first-order chi connectivity index (χ1) is 11.2. The van der Waals surface area contributed by atoms with Gasteiger partial charge in [0.15, 0.2) is 5.96 Å². The lowest BCUT2D eigenvalue weighted by Crippen LogP contribution is -2.39. The summed E-state index contributed by atoms with van der Waals surface area (Å²) < 4.78 is 5.07. The number of nitrogens with zero attached hydrogens (tertiary/aromatic N) is 2. The fraction of sp³-hybridized carbons (Fsp3) is 0.588. The SMILES string of the molecule is CCNC(=NCCN(C)CCOC)NCCc1cccc(Cl)c1. The molecule has 0 aliphatic rings. The molecule has 130 valence electrons. The van der Waals surface area contributed by atoms with Gasteiger partial charge in [0.2, 0.25) is 0 Å². The van der Waals surface area contributed by atoms with Crippen molar-refractivity contribution in [1.29, 1.82) is 0 Å². The Kier molecular flexibility index (Phi) is 10.4. The molecule has 0 radical (unpaired) electrons. The van der Waals surface area contributed by atoms with Gasteiger partial charge in [-0.2, -0.15) is 0 Å². The van der Waals surface area contributed by atoms with Crippen LogP contribution in [0.25, 0.3) is 0 Å². The maximum absolute atomic E-state index is 6.00. The number of likely N-dealkylation sites (N-methyl/N-ethyl adjacent to an activating group) is 1. The van der Waals surface area contributed by atoms with Crippen LogP contribution in [0.4, 0.5) is 0 Å². The Bertz CT molecular complexity index is 468. The summed E-state index contributed by atoms with van der Waals surface area (Å²) in [7, 11) is 3.80. The van der Waals surface area contributed by atoms with Gasteiger partial charge in [-0.25, -0.2) is 0 Å². The summed E-state index contributed by atoms with van der Waals surface area (Å²) in [5.74, 6) is 0.856. The molecule has 0 saturated carbocycles. The third-order valence-corrected chi connectivity index (χ3v) is 3.60. The predicted molar refractivity (Wildman–Crippen MR) is 98.5 cm³/mol. The Morgan fingerprint density at radius 1 is 1.30 bits per heavy atom. The molecule has 0 aromatic heterocycles. The summed E-state index contributed by atoms with van der Waals surface area (Å²) in [6.07, 6.45) is 0.915. The summed E-state index contributed by atoms with van der Waals surface area (Å²) in [5, 5.41) is 7.40.